The highest BCUT2D eigenvalue weighted by atomic mass is 32.3. The van der Waals surface area contributed by atoms with E-state index >= 15 is 0 Å². The van der Waals surface area contributed by atoms with Crippen LogP contribution in [0.25, 0.3) is 0 Å². The van der Waals surface area contributed by atoms with Gasteiger partial charge >= 0.3 is 10.4 Å². The van der Waals surface area contributed by atoms with Crippen molar-refractivity contribution in [1.82, 2.24) is 4.90 Å². The first-order valence-corrected chi connectivity index (χ1v) is 11.3. The van der Waals surface area contributed by atoms with Crippen molar-refractivity contribution in [3.63, 3.8) is 0 Å². The second-order valence-corrected chi connectivity index (χ2v) is 9.59. The minimum Gasteiger partial charge on any atom is -0.454 e. The van der Waals surface area contributed by atoms with Crippen molar-refractivity contribution in [2.75, 3.05) is 20.6 Å². The van der Waals surface area contributed by atoms with Crippen LogP contribution in [0.15, 0.2) is 24.3 Å². The number of likely N-dealkylation sites (N-methyl/N-ethyl adjacent to an activating group) is 1. The molecule has 4 aliphatic rings. The van der Waals surface area contributed by atoms with Crippen LogP contribution >= 0.6 is 0 Å². The molecule has 3 unspecified atom stereocenters. The predicted molar refractivity (Wildman–Crippen MR) is 107 cm³/mol. The van der Waals surface area contributed by atoms with Crippen LogP contribution in [-0.2, 0) is 33.0 Å². The zero-order chi connectivity index (χ0) is 21.5. The van der Waals surface area contributed by atoms with E-state index in [0.29, 0.717) is 29.5 Å². The molecule has 0 spiro atoms. The van der Waals surface area contributed by atoms with Gasteiger partial charge in [-0.2, -0.15) is 8.42 Å². The van der Waals surface area contributed by atoms with Gasteiger partial charge in [0.05, 0.1) is 6.10 Å². The second kappa shape index (κ2) is 6.26. The Morgan fingerprint density at radius 2 is 1.81 bits per heavy atom. The Balaban J connectivity index is 1.60. The summed E-state index contributed by atoms with van der Waals surface area (Å²) >= 11 is 0. The van der Waals surface area contributed by atoms with Crippen LogP contribution in [0.5, 0.6) is 23.0 Å². The standard InChI is InChI=1S/C21H21NO8S/c1-21-14-3-4-15-19(29-10-26-15)13(14)8-22(2)20(21)12-7-17-16(27-9-28-17)5-11(12)6-18(21)30-31(23,24)25/h3-5,7,18,20H,6,8-10H2,1-2H3,(H,23,24,25). The van der Waals surface area contributed by atoms with Crippen molar-refractivity contribution in [1.29, 1.82) is 0 Å². The third-order valence-corrected chi connectivity index (χ3v) is 7.36. The molecule has 0 saturated carbocycles. The maximum Gasteiger partial charge on any atom is 0.397 e. The molecule has 1 aliphatic carbocycles. The van der Waals surface area contributed by atoms with Crippen LogP contribution in [-0.4, -0.2) is 44.6 Å². The average molecular weight is 447 g/mol. The van der Waals surface area contributed by atoms with Crippen molar-refractivity contribution >= 4 is 10.4 Å². The molecule has 0 bridgehead atoms. The Kier molecular flexibility index (Phi) is 3.87. The van der Waals surface area contributed by atoms with Crippen molar-refractivity contribution in [2.24, 2.45) is 0 Å². The zero-order valence-corrected chi connectivity index (χ0v) is 17.8. The molecular formula is C21H21NO8S. The minimum absolute atomic E-state index is 0.146. The maximum atomic E-state index is 11.8. The van der Waals surface area contributed by atoms with Crippen LogP contribution in [0, 0.1) is 0 Å². The van der Waals surface area contributed by atoms with Gasteiger partial charge in [0.25, 0.3) is 0 Å². The molecular weight excluding hydrogens is 426 g/mol. The maximum absolute atomic E-state index is 11.8. The van der Waals surface area contributed by atoms with E-state index < -0.39 is 21.9 Å². The molecule has 0 aromatic heterocycles. The SMILES string of the molecule is CN1Cc2c(ccc3c2OCO3)C2(C)C(OS(=O)(=O)O)Cc3cc4c(cc3C12)OCO4. The van der Waals surface area contributed by atoms with Crippen LogP contribution in [0.2, 0.25) is 0 Å². The number of fused-ring (bicyclic) bond motifs is 8. The molecule has 0 amide bonds. The van der Waals surface area contributed by atoms with Gasteiger partial charge in [0.15, 0.2) is 23.0 Å². The second-order valence-electron chi connectivity index (χ2n) is 8.55. The molecule has 9 nitrogen and oxygen atoms in total. The van der Waals surface area contributed by atoms with Crippen LogP contribution in [0.1, 0.15) is 35.2 Å². The molecule has 164 valence electrons. The van der Waals surface area contributed by atoms with Gasteiger partial charge in [-0.05, 0) is 41.9 Å². The summed E-state index contributed by atoms with van der Waals surface area (Å²) in [7, 11) is -2.71. The number of hydrogen-bond donors (Lipinski definition) is 1. The Bertz CT molecular complexity index is 1210. The monoisotopic (exact) mass is 447 g/mol. The highest BCUT2D eigenvalue weighted by molar-refractivity contribution is 7.80. The molecule has 6 rings (SSSR count). The third-order valence-electron chi connectivity index (χ3n) is 6.88. The highest BCUT2D eigenvalue weighted by Crippen LogP contribution is 2.58. The number of hydrogen-bond acceptors (Lipinski definition) is 8. The molecule has 0 fully saturated rings. The summed E-state index contributed by atoms with van der Waals surface area (Å²) < 4.78 is 61.0. The first-order valence-electron chi connectivity index (χ1n) is 9.96. The molecule has 2 aromatic rings. The van der Waals surface area contributed by atoms with Gasteiger partial charge < -0.3 is 18.9 Å². The topological polar surface area (TPSA) is 104 Å². The van der Waals surface area contributed by atoms with Crippen LogP contribution in [0.4, 0.5) is 0 Å². The number of nitrogens with zero attached hydrogens (tertiary/aromatic N) is 1. The fraction of sp³-hybridized carbons (Fsp3) is 0.429. The fourth-order valence-electron chi connectivity index (χ4n) is 5.67. The summed E-state index contributed by atoms with van der Waals surface area (Å²) in [5, 5.41) is 0. The van der Waals surface area contributed by atoms with Gasteiger partial charge in [-0.1, -0.05) is 13.0 Å². The van der Waals surface area contributed by atoms with E-state index in [2.05, 4.69) is 4.90 Å². The summed E-state index contributed by atoms with van der Waals surface area (Å²) in [4.78, 5) is 2.14. The lowest BCUT2D eigenvalue weighted by molar-refractivity contribution is 0.0117. The third kappa shape index (κ3) is 2.68. The normalized spacial score (nSPS) is 28.1. The van der Waals surface area contributed by atoms with E-state index in [4.69, 9.17) is 23.1 Å². The lowest BCUT2D eigenvalue weighted by Gasteiger charge is -2.54. The molecule has 3 atom stereocenters. The molecule has 2 aromatic carbocycles. The van der Waals surface area contributed by atoms with Gasteiger partial charge in [0.2, 0.25) is 13.6 Å². The summed E-state index contributed by atoms with van der Waals surface area (Å²) in [5.41, 5.74) is 2.96. The van der Waals surface area contributed by atoms with Gasteiger partial charge in [-0.25, -0.2) is 4.18 Å². The van der Waals surface area contributed by atoms with E-state index in [-0.39, 0.29) is 26.0 Å². The summed E-state index contributed by atoms with van der Waals surface area (Å²) in [6, 6.07) is 7.40. The van der Waals surface area contributed by atoms with E-state index in [9.17, 15) is 13.0 Å². The molecule has 31 heavy (non-hydrogen) atoms. The lowest BCUT2D eigenvalue weighted by Crippen LogP contribution is -2.56. The van der Waals surface area contributed by atoms with Crippen molar-refractivity contribution in [3.05, 3.63) is 46.5 Å². The van der Waals surface area contributed by atoms with E-state index in [0.717, 1.165) is 22.3 Å². The zero-order valence-electron chi connectivity index (χ0n) is 17.0. The number of benzene rings is 2. The molecule has 0 radical (unpaired) electrons. The van der Waals surface area contributed by atoms with E-state index in [1.54, 1.807) is 0 Å². The van der Waals surface area contributed by atoms with Crippen molar-refractivity contribution in [3.8, 4) is 23.0 Å². The summed E-state index contributed by atoms with van der Waals surface area (Å²) in [6.07, 6.45) is -0.567. The Labute approximate surface area is 179 Å². The first-order chi connectivity index (χ1) is 14.8. The Morgan fingerprint density at radius 1 is 1.10 bits per heavy atom. The summed E-state index contributed by atoms with van der Waals surface area (Å²) in [6.45, 7) is 2.84. The number of ether oxygens (including phenoxy) is 4. The fourth-order valence-corrected chi connectivity index (χ4v) is 6.23. The average Bonchev–Trinajstić information content (AvgIpc) is 3.34. The highest BCUT2D eigenvalue weighted by Gasteiger charge is 2.55. The van der Waals surface area contributed by atoms with Crippen LogP contribution < -0.4 is 18.9 Å². The van der Waals surface area contributed by atoms with Crippen molar-refractivity contribution in [2.45, 2.75) is 37.5 Å². The van der Waals surface area contributed by atoms with Gasteiger partial charge in [0, 0.05) is 30.0 Å². The quantitative estimate of drug-likeness (QED) is 0.695. The molecule has 0 saturated heterocycles. The smallest absolute Gasteiger partial charge is 0.397 e. The number of rotatable bonds is 2. The van der Waals surface area contributed by atoms with Crippen LogP contribution in [0.3, 0.4) is 0 Å². The predicted octanol–water partition coefficient (Wildman–Crippen LogP) is 2.33. The molecule has 1 N–H and O–H groups in total. The van der Waals surface area contributed by atoms with Crippen molar-refractivity contribution < 1.29 is 36.1 Å². The van der Waals surface area contributed by atoms with E-state index in [1.807, 2.05) is 38.2 Å². The Morgan fingerprint density at radius 3 is 2.58 bits per heavy atom. The molecule has 3 heterocycles. The lowest BCUT2D eigenvalue weighted by atomic mass is 9.60. The molecule has 3 aliphatic heterocycles. The minimum atomic E-state index is -4.69. The summed E-state index contributed by atoms with van der Waals surface area (Å²) in [5.74, 6) is 2.63. The molecule has 10 heteroatoms. The largest absolute Gasteiger partial charge is 0.454 e. The Hall–Kier alpha value is -2.53. The first kappa shape index (κ1) is 19.2. The van der Waals surface area contributed by atoms with Gasteiger partial charge in [0.1, 0.15) is 0 Å². The van der Waals surface area contributed by atoms with Gasteiger partial charge in [-0.15, -0.1) is 0 Å². The van der Waals surface area contributed by atoms with E-state index in [1.165, 1.54) is 0 Å². The van der Waals surface area contributed by atoms with Gasteiger partial charge in [-0.3, -0.25) is 9.45 Å².